The second-order valence-corrected chi connectivity index (χ2v) is 6.58. The average molecular weight is 305 g/mol. The predicted molar refractivity (Wildman–Crippen MR) is 86.6 cm³/mol. The Morgan fingerprint density at radius 2 is 1.90 bits per heavy atom. The van der Waals surface area contributed by atoms with E-state index < -0.39 is 0 Å². The molecule has 4 nitrogen and oxygen atoms in total. The highest BCUT2D eigenvalue weighted by Crippen LogP contribution is 2.31. The molecule has 0 saturated heterocycles. The molecule has 1 aromatic heterocycles. The van der Waals surface area contributed by atoms with E-state index in [1.165, 1.54) is 11.1 Å². The topological polar surface area (TPSA) is 51.0 Å². The van der Waals surface area contributed by atoms with Crippen LogP contribution in [0.2, 0.25) is 0 Å². The minimum atomic E-state index is 0.266. The number of hydrogen-bond acceptors (Lipinski definition) is 5. The minimum Gasteiger partial charge on any atom is -0.416 e. The SMILES string of the molecule is CCCNC(c1ccc(C)cc1)C(C)Sc1nnc(C)o1. The summed E-state index contributed by atoms with van der Waals surface area (Å²) in [7, 11) is 0. The summed E-state index contributed by atoms with van der Waals surface area (Å²) < 4.78 is 5.48. The molecule has 0 aliphatic carbocycles. The van der Waals surface area contributed by atoms with E-state index in [4.69, 9.17) is 4.42 Å². The van der Waals surface area contributed by atoms with E-state index in [-0.39, 0.29) is 6.04 Å². The van der Waals surface area contributed by atoms with E-state index in [9.17, 15) is 0 Å². The lowest BCUT2D eigenvalue weighted by Crippen LogP contribution is -2.29. The largest absolute Gasteiger partial charge is 0.416 e. The molecule has 5 heteroatoms. The van der Waals surface area contributed by atoms with E-state index in [1.54, 1.807) is 11.8 Å². The number of hydrogen-bond donors (Lipinski definition) is 1. The molecular formula is C16H23N3OS. The second-order valence-electron chi connectivity index (χ2n) is 5.25. The summed E-state index contributed by atoms with van der Waals surface area (Å²) in [5, 5.41) is 12.5. The first kappa shape index (κ1) is 16.0. The van der Waals surface area contributed by atoms with Crippen LogP contribution in [0.5, 0.6) is 0 Å². The third-order valence-corrected chi connectivity index (χ3v) is 4.32. The van der Waals surface area contributed by atoms with Crippen molar-refractivity contribution in [2.45, 2.75) is 50.6 Å². The van der Waals surface area contributed by atoms with Gasteiger partial charge >= 0.3 is 0 Å². The van der Waals surface area contributed by atoms with Crippen molar-refractivity contribution in [3.8, 4) is 0 Å². The third-order valence-electron chi connectivity index (χ3n) is 3.31. The molecule has 2 atom stereocenters. The van der Waals surface area contributed by atoms with Gasteiger partial charge in [0.05, 0.1) is 0 Å². The number of aryl methyl sites for hydroxylation is 2. The molecule has 0 radical (unpaired) electrons. The van der Waals surface area contributed by atoms with Crippen LogP contribution in [-0.2, 0) is 0 Å². The number of aromatic nitrogens is 2. The van der Waals surface area contributed by atoms with Crippen molar-refractivity contribution in [2.24, 2.45) is 0 Å². The molecule has 0 bridgehead atoms. The van der Waals surface area contributed by atoms with Crippen LogP contribution < -0.4 is 5.32 Å². The van der Waals surface area contributed by atoms with Crippen molar-refractivity contribution in [1.29, 1.82) is 0 Å². The van der Waals surface area contributed by atoms with Gasteiger partial charge in [0.15, 0.2) is 0 Å². The molecule has 0 fully saturated rings. The van der Waals surface area contributed by atoms with Crippen molar-refractivity contribution in [3.63, 3.8) is 0 Å². The fourth-order valence-electron chi connectivity index (χ4n) is 2.18. The van der Waals surface area contributed by atoms with Gasteiger partial charge in [0, 0.05) is 18.2 Å². The van der Waals surface area contributed by atoms with Crippen LogP contribution in [0.15, 0.2) is 33.9 Å². The average Bonchev–Trinajstić information content (AvgIpc) is 2.86. The molecule has 1 heterocycles. The minimum absolute atomic E-state index is 0.266. The molecule has 21 heavy (non-hydrogen) atoms. The molecule has 1 N–H and O–H groups in total. The highest BCUT2D eigenvalue weighted by Gasteiger charge is 2.21. The van der Waals surface area contributed by atoms with Crippen LogP contribution >= 0.6 is 11.8 Å². The summed E-state index contributed by atoms with van der Waals surface area (Å²) in [6, 6.07) is 8.97. The zero-order valence-electron chi connectivity index (χ0n) is 13.1. The van der Waals surface area contributed by atoms with Crippen LogP contribution in [0, 0.1) is 13.8 Å². The van der Waals surface area contributed by atoms with Gasteiger partial charge in [0.2, 0.25) is 5.89 Å². The molecule has 0 amide bonds. The lowest BCUT2D eigenvalue weighted by Gasteiger charge is -2.24. The summed E-state index contributed by atoms with van der Waals surface area (Å²) in [4.78, 5) is 0. The van der Waals surface area contributed by atoms with Crippen LogP contribution in [0.3, 0.4) is 0 Å². The first-order valence-corrected chi connectivity index (χ1v) is 8.25. The second kappa shape index (κ2) is 7.61. The van der Waals surface area contributed by atoms with Gasteiger partial charge in [-0.2, -0.15) is 0 Å². The van der Waals surface area contributed by atoms with Crippen molar-refractivity contribution in [1.82, 2.24) is 15.5 Å². The molecule has 1 aromatic carbocycles. The maximum Gasteiger partial charge on any atom is 0.276 e. The zero-order valence-corrected chi connectivity index (χ0v) is 13.9. The van der Waals surface area contributed by atoms with E-state index >= 15 is 0 Å². The Hall–Kier alpha value is -1.33. The lowest BCUT2D eigenvalue weighted by atomic mass is 10.0. The Morgan fingerprint density at radius 3 is 2.48 bits per heavy atom. The van der Waals surface area contributed by atoms with Crippen LogP contribution in [0.1, 0.15) is 43.3 Å². The van der Waals surface area contributed by atoms with Crippen molar-refractivity contribution >= 4 is 11.8 Å². The highest BCUT2D eigenvalue weighted by molar-refractivity contribution is 7.99. The first-order valence-electron chi connectivity index (χ1n) is 7.37. The summed E-state index contributed by atoms with van der Waals surface area (Å²) >= 11 is 1.62. The van der Waals surface area contributed by atoms with E-state index in [1.807, 2.05) is 6.92 Å². The zero-order chi connectivity index (χ0) is 15.2. The van der Waals surface area contributed by atoms with Gasteiger partial charge in [0.1, 0.15) is 0 Å². The summed E-state index contributed by atoms with van der Waals surface area (Å²) in [5.41, 5.74) is 2.58. The third kappa shape index (κ3) is 4.58. The van der Waals surface area contributed by atoms with Crippen molar-refractivity contribution in [2.75, 3.05) is 6.54 Å². The number of nitrogens with one attached hydrogen (secondary N) is 1. The van der Waals surface area contributed by atoms with Gasteiger partial charge < -0.3 is 9.73 Å². The van der Waals surface area contributed by atoms with E-state index in [0.717, 1.165) is 13.0 Å². The molecule has 2 aromatic rings. The summed E-state index contributed by atoms with van der Waals surface area (Å²) in [5.74, 6) is 0.609. The number of rotatable bonds is 7. The van der Waals surface area contributed by atoms with Gasteiger partial charge in [-0.3, -0.25) is 0 Å². The highest BCUT2D eigenvalue weighted by atomic mass is 32.2. The number of benzene rings is 1. The fourth-order valence-corrected chi connectivity index (χ4v) is 3.15. The van der Waals surface area contributed by atoms with Crippen molar-refractivity contribution < 1.29 is 4.42 Å². The monoisotopic (exact) mass is 305 g/mol. The van der Waals surface area contributed by atoms with Gasteiger partial charge in [0.25, 0.3) is 5.22 Å². The first-order chi connectivity index (χ1) is 10.1. The molecule has 0 spiro atoms. The molecule has 0 saturated carbocycles. The Bertz CT molecular complexity index is 553. The molecule has 114 valence electrons. The molecule has 2 unspecified atom stereocenters. The van der Waals surface area contributed by atoms with Gasteiger partial charge in [-0.25, -0.2) is 0 Å². The molecule has 0 aliphatic heterocycles. The molecule has 0 aliphatic rings. The Balaban J connectivity index is 2.12. The van der Waals surface area contributed by atoms with E-state index in [0.29, 0.717) is 16.4 Å². The molecule has 2 rings (SSSR count). The predicted octanol–water partition coefficient (Wildman–Crippen LogP) is 3.91. The van der Waals surface area contributed by atoms with Crippen LogP contribution in [0.25, 0.3) is 0 Å². The Labute approximate surface area is 130 Å². The normalized spacial score (nSPS) is 14.1. The standard InChI is InChI=1S/C16H23N3OS/c1-5-10-17-15(14-8-6-11(2)7-9-14)12(3)21-16-19-18-13(4)20-16/h6-9,12,15,17H,5,10H2,1-4H3. The maximum atomic E-state index is 5.48. The number of nitrogens with zero attached hydrogens (tertiary/aromatic N) is 2. The van der Waals surface area contributed by atoms with E-state index in [2.05, 4.69) is 60.6 Å². The van der Waals surface area contributed by atoms with Gasteiger partial charge in [-0.05, 0) is 25.5 Å². The molecular weight excluding hydrogens is 282 g/mol. The lowest BCUT2D eigenvalue weighted by molar-refractivity contribution is 0.426. The Morgan fingerprint density at radius 1 is 1.19 bits per heavy atom. The van der Waals surface area contributed by atoms with Gasteiger partial charge in [-0.1, -0.05) is 55.4 Å². The Kier molecular flexibility index (Phi) is 5.82. The summed E-state index contributed by atoms with van der Waals surface area (Å²) in [6.07, 6.45) is 1.11. The quantitative estimate of drug-likeness (QED) is 0.786. The smallest absolute Gasteiger partial charge is 0.276 e. The maximum absolute atomic E-state index is 5.48. The summed E-state index contributed by atoms with van der Waals surface area (Å²) in [6.45, 7) is 9.29. The van der Waals surface area contributed by atoms with Gasteiger partial charge in [-0.15, -0.1) is 10.2 Å². The van der Waals surface area contributed by atoms with Crippen LogP contribution in [-0.4, -0.2) is 22.0 Å². The fraction of sp³-hybridized carbons (Fsp3) is 0.500. The van der Waals surface area contributed by atoms with Crippen LogP contribution in [0.4, 0.5) is 0 Å². The number of thioether (sulfide) groups is 1. The van der Waals surface area contributed by atoms with Crippen molar-refractivity contribution in [3.05, 3.63) is 41.3 Å².